The van der Waals surface area contributed by atoms with Crippen molar-refractivity contribution < 1.29 is 14.3 Å². The summed E-state index contributed by atoms with van der Waals surface area (Å²) in [6.07, 6.45) is 0. The highest BCUT2D eigenvalue weighted by atomic mass is 79.9. The fourth-order valence-corrected chi connectivity index (χ4v) is 2.23. The van der Waals surface area contributed by atoms with Crippen LogP contribution < -0.4 is 15.6 Å². The second-order valence-electron chi connectivity index (χ2n) is 4.35. The van der Waals surface area contributed by atoms with Crippen LogP contribution >= 0.6 is 15.9 Å². The Morgan fingerprint density at radius 2 is 1.64 bits per heavy atom. The molecule has 6 heteroatoms. The lowest BCUT2D eigenvalue weighted by molar-refractivity contribution is 0.0846. The average Bonchev–Trinajstić information content (AvgIpc) is 2.54. The highest BCUT2D eigenvalue weighted by Gasteiger charge is 2.11. The first-order valence-corrected chi connectivity index (χ1v) is 7.49. The molecule has 5 nitrogen and oxygen atoms in total. The van der Waals surface area contributed by atoms with Gasteiger partial charge in [0.05, 0.1) is 12.2 Å². The molecule has 0 spiro atoms. The zero-order valence-corrected chi connectivity index (χ0v) is 13.5. The van der Waals surface area contributed by atoms with Gasteiger partial charge in [0, 0.05) is 10.0 Å². The fraction of sp³-hybridized carbons (Fsp3) is 0.125. The summed E-state index contributed by atoms with van der Waals surface area (Å²) in [4.78, 5) is 23.9. The number of amides is 2. The molecule has 0 saturated carbocycles. The molecule has 0 unspecified atom stereocenters. The molecule has 2 amide bonds. The van der Waals surface area contributed by atoms with E-state index in [0.717, 1.165) is 0 Å². The molecule has 2 N–H and O–H groups in total. The molecule has 0 heterocycles. The third-order valence-electron chi connectivity index (χ3n) is 2.84. The van der Waals surface area contributed by atoms with E-state index < -0.39 is 11.8 Å². The summed E-state index contributed by atoms with van der Waals surface area (Å²) in [7, 11) is 0. The second-order valence-corrected chi connectivity index (χ2v) is 5.20. The number of nitrogens with one attached hydrogen (secondary N) is 2. The van der Waals surface area contributed by atoms with Gasteiger partial charge in [0.1, 0.15) is 5.75 Å². The summed E-state index contributed by atoms with van der Waals surface area (Å²) >= 11 is 3.28. The van der Waals surface area contributed by atoms with Gasteiger partial charge in [0.25, 0.3) is 11.8 Å². The molecule has 0 bridgehead atoms. The van der Waals surface area contributed by atoms with Crippen LogP contribution in [-0.2, 0) is 0 Å². The number of rotatable bonds is 4. The van der Waals surface area contributed by atoms with Crippen molar-refractivity contribution in [3.63, 3.8) is 0 Å². The molecule has 0 aliphatic heterocycles. The van der Waals surface area contributed by atoms with E-state index in [2.05, 4.69) is 26.8 Å². The summed E-state index contributed by atoms with van der Waals surface area (Å²) in [5, 5.41) is 0. The van der Waals surface area contributed by atoms with Crippen molar-refractivity contribution in [1.82, 2.24) is 10.9 Å². The largest absolute Gasteiger partial charge is 0.494 e. The van der Waals surface area contributed by atoms with Crippen LogP contribution in [0, 0.1) is 0 Å². The van der Waals surface area contributed by atoms with Crippen molar-refractivity contribution in [3.05, 3.63) is 64.1 Å². The maximum Gasteiger partial charge on any atom is 0.270 e. The van der Waals surface area contributed by atoms with Gasteiger partial charge in [-0.1, -0.05) is 12.1 Å². The first-order valence-electron chi connectivity index (χ1n) is 6.70. The van der Waals surface area contributed by atoms with E-state index in [1.807, 2.05) is 6.92 Å². The Bertz CT molecular complexity index is 671. The Morgan fingerprint density at radius 1 is 1.00 bits per heavy atom. The van der Waals surface area contributed by atoms with Crippen LogP contribution in [-0.4, -0.2) is 18.4 Å². The number of hydrazine groups is 1. The van der Waals surface area contributed by atoms with E-state index in [1.54, 1.807) is 48.5 Å². The lowest BCUT2D eigenvalue weighted by atomic mass is 10.2. The molecular formula is C16H15BrN2O3. The number of ether oxygens (including phenoxy) is 1. The van der Waals surface area contributed by atoms with Gasteiger partial charge in [0.15, 0.2) is 0 Å². The maximum absolute atomic E-state index is 12.0. The molecule has 2 rings (SSSR count). The monoisotopic (exact) mass is 362 g/mol. The Hall–Kier alpha value is -2.34. The molecule has 22 heavy (non-hydrogen) atoms. The molecule has 0 aromatic heterocycles. The van der Waals surface area contributed by atoms with Gasteiger partial charge in [-0.25, -0.2) is 0 Å². The topological polar surface area (TPSA) is 67.4 Å². The predicted molar refractivity (Wildman–Crippen MR) is 86.7 cm³/mol. The van der Waals surface area contributed by atoms with Gasteiger partial charge >= 0.3 is 0 Å². The molecule has 0 aliphatic carbocycles. The smallest absolute Gasteiger partial charge is 0.270 e. The highest BCUT2D eigenvalue weighted by Crippen LogP contribution is 2.15. The quantitative estimate of drug-likeness (QED) is 0.821. The minimum Gasteiger partial charge on any atom is -0.494 e. The third-order valence-corrected chi connectivity index (χ3v) is 3.53. The van der Waals surface area contributed by atoms with E-state index in [4.69, 9.17) is 4.74 Å². The normalized spacial score (nSPS) is 9.91. The summed E-state index contributed by atoms with van der Waals surface area (Å²) in [5.41, 5.74) is 5.62. The summed E-state index contributed by atoms with van der Waals surface area (Å²) < 4.78 is 5.96. The van der Waals surface area contributed by atoms with E-state index in [-0.39, 0.29) is 0 Å². The van der Waals surface area contributed by atoms with Gasteiger partial charge in [0.2, 0.25) is 0 Å². The van der Waals surface area contributed by atoms with Gasteiger partial charge in [-0.3, -0.25) is 20.4 Å². The van der Waals surface area contributed by atoms with Gasteiger partial charge in [-0.05, 0) is 59.3 Å². The molecular weight excluding hydrogens is 348 g/mol. The van der Waals surface area contributed by atoms with Crippen molar-refractivity contribution >= 4 is 27.7 Å². The Balaban J connectivity index is 1.95. The number of hydrogen-bond donors (Lipinski definition) is 2. The minimum absolute atomic E-state index is 0.397. The van der Waals surface area contributed by atoms with Crippen molar-refractivity contribution in [2.45, 2.75) is 6.92 Å². The molecule has 0 atom stereocenters. The van der Waals surface area contributed by atoms with E-state index in [0.29, 0.717) is 28.0 Å². The van der Waals surface area contributed by atoms with Crippen LogP contribution in [0.4, 0.5) is 0 Å². The van der Waals surface area contributed by atoms with E-state index >= 15 is 0 Å². The van der Waals surface area contributed by atoms with E-state index in [1.165, 1.54) is 0 Å². The van der Waals surface area contributed by atoms with Crippen molar-refractivity contribution in [2.24, 2.45) is 0 Å². The Kier molecular flexibility index (Phi) is 5.55. The summed E-state index contributed by atoms with van der Waals surface area (Å²) in [6.45, 7) is 2.45. The molecule has 0 fully saturated rings. The zero-order chi connectivity index (χ0) is 15.9. The molecule has 2 aromatic rings. The standard InChI is InChI=1S/C16H15BrN2O3/c1-2-22-12-9-7-11(8-10-12)15(20)18-19-16(21)13-5-3-4-6-14(13)17/h3-10H,2H2,1H3,(H,18,20)(H,19,21). The number of halogens is 1. The van der Waals surface area contributed by atoms with Crippen LogP contribution in [0.1, 0.15) is 27.6 Å². The lowest BCUT2D eigenvalue weighted by Crippen LogP contribution is -2.41. The first-order chi connectivity index (χ1) is 10.6. The molecule has 0 radical (unpaired) electrons. The molecule has 2 aromatic carbocycles. The number of carbonyl (C=O) groups is 2. The Labute approximate surface area is 136 Å². The van der Waals surface area contributed by atoms with Gasteiger partial charge in [-0.15, -0.1) is 0 Å². The van der Waals surface area contributed by atoms with Crippen molar-refractivity contribution in [3.8, 4) is 5.75 Å². The number of carbonyl (C=O) groups excluding carboxylic acids is 2. The second kappa shape index (κ2) is 7.61. The number of benzene rings is 2. The third kappa shape index (κ3) is 4.08. The molecule has 0 aliphatic rings. The average molecular weight is 363 g/mol. The van der Waals surface area contributed by atoms with Crippen molar-refractivity contribution in [2.75, 3.05) is 6.61 Å². The van der Waals surface area contributed by atoms with E-state index in [9.17, 15) is 9.59 Å². The van der Waals surface area contributed by atoms with Crippen molar-refractivity contribution in [1.29, 1.82) is 0 Å². The summed E-state index contributed by atoms with van der Waals surface area (Å²) in [5.74, 6) is -0.105. The maximum atomic E-state index is 12.0. The first kappa shape index (κ1) is 16.0. The van der Waals surface area contributed by atoms with Crippen LogP contribution in [0.15, 0.2) is 53.0 Å². The van der Waals surface area contributed by atoms with Crippen LogP contribution in [0.3, 0.4) is 0 Å². The highest BCUT2D eigenvalue weighted by molar-refractivity contribution is 9.10. The van der Waals surface area contributed by atoms with Crippen LogP contribution in [0.2, 0.25) is 0 Å². The molecule has 114 valence electrons. The van der Waals surface area contributed by atoms with Crippen LogP contribution in [0.5, 0.6) is 5.75 Å². The minimum atomic E-state index is -0.400. The summed E-state index contributed by atoms with van der Waals surface area (Å²) in [6, 6.07) is 13.6. The number of hydrogen-bond acceptors (Lipinski definition) is 3. The Morgan fingerprint density at radius 3 is 2.27 bits per heavy atom. The fourth-order valence-electron chi connectivity index (χ4n) is 1.77. The van der Waals surface area contributed by atoms with Gasteiger partial charge in [-0.2, -0.15) is 0 Å². The molecule has 0 saturated heterocycles. The SMILES string of the molecule is CCOc1ccc(C(=O)NNC(=O)c2ccccc2Br)cc1. The van der Waals surface area contributed by atoms with Crippen LogP contribution in [0.25, 0.3) is 0 Å². The predicted octanol–water partition coefficient (Wildman–Crippen LogP) is 2.92. The lowest BCUT2D eigenvalue weighted by Gasteiger charge is -2.09. The van der Waals surface area contributed by atoms with Gasteiger partial charge < -0.3 is 4.74 Å². The zero-order valence-electron chi connectivity index (χ0n) is 11.9.